The van der Waals surface area contributed by atoms with E-state index in [1.54, 1.807) is 17.8 Å². The summed E-state index contributed by atoms with van der Waals surface area (Å²) in [6.45, 7) is 3.60. The van der Waals surface area contributed by atoms with E-state index in [0.717, 1.165) is 18.6 Å². The van der Waals surface area contributed by atoms with Crippen molar-refractivity contribution >= 4 is 23.6 Å². The monoisotopic (exact) mass is 229 g/mol. The van der Waals surface area contributed by atoms with Crippen LogP contribution in [-0.2, 0) is 9.59 Å². The van der Waals surface area contributed by atoms with Crippen molar-refractivity contribution in [3.8, 4) is 0 Å². The largest absolute Gasteiger partial charge is 0.480 e. The van der Waals surface area contributed by atoms with Crippen LogP contribution < -0.4 is 0 Å². The number of carbonyl (C=O) groups excluding carboxylic acids is 1. The van der Waals surface area contributed by atoms with Gasteiger partial charge in [-0.2, -0.15) is 0 Å². The van der Waals surface area contributed by atoms with E-state index < -0.39 is 5.97 Å². The molecule has 1 unspecified atom stereocenters. The van der Waals surface area contributed by atoms with Crippen LogP contribution in [0.25, 0.3) is 0 Å². The molecule has 5 heteroatoms. The Hall–Kier alpha value is -0.970. The third kappa shape index (κ3) is 3.58. The van der Waals surface area contributed by atoms with E-state index in [2.05, 4.69) is 6.58 Å². The van der Waals surface area contributed by atoms with Crippen LogP contribution in [0.1, 0.15) is 12.8 Å². The molecule has 1 fully saturated rings. The summed E-state index contributed by atoms with van der Waals surface area (Å²) in [4.78, 5) is 23.8. The van der Waals surface area contributed by atoms with Gasteiger partial charge in [0.1, 0.15) is 6.54 Å². The number of amides is 1. The van der Waals surface area contributed by atoms with Crippen molar-refractivity contribution in [2.24, 2.45) is 0 Å². The maximum atomic E-state index is 11.9. The van der Waals surface area contributed by atoms with Gasteiger partial charge in [0.2, 0.25) is 5.91 Å². The molecule has 1 saturated heterocycles. The van der Waals surface area contributed by atoms with Gasteiger partial charge in [0.15, 0.2) is 0 Å². The minimum absolute atomic E-state index is 0.0516. The van der Waals surface area contributed by atoms with Crippen molar-refractivity contribution in [3.63, 3.8) is 0 Å². The summed E-state index contributed by atoms with van der Waals surface area (Å²) < 4.78 is 0. The summed E-state index contributed by atoms with van der Waals surface area (Å²) in [5.41, 5.74) is 0. The average Bonchev–Trinajstić information content (AvgIpc) is 2.68. The standard InChI is InChI=1S/C10H15NO3S/c1-2-5-11(7-9(12)13)10(14)8-4-3-6-15-8/h2,8H,1,3-7H2,(H,12,13). The molecule has 0 aromatic carbocycles. The summed E-state index contributed by atoms with van der Waals surface area (Å²) in [5.74, 6) is -0.0567. The minimum Gasteiger partial charge on any atom is -0.480 e. The first-order valence-electron chi connectivity index (χ1n) is 4.88. The van der Waals surface area contributed by atoms with Gasteiger partial charge in [0.25, 0.3) is 0 Å². The highest BCUT2D eigenvalue weighted by Crippen LogP contribution is 2.27. The number of aliphatic carboxylic acids is 1. The Morgan fingerprint density at radius 3 is 2.80 bits per heavy atom. The average molecular weight is 229 g/mol. The molecule has 1 N–H and O–H groups in total. The third-order valence-corrected chi connectivity index (χ3v) is 3.56. The lowest BCUT2D eigenvalue weighted by Gasteiger charge is -2.21. The molecule has 84 valence electrons. The second kappa shape index (κ2) is 5.80. The van der Waals surface area contributed by atoms with Gasteiger partial charge in [0.05, 0.1) is 5.25 Å². The number of carboxylic acid groups (broad SMARTS) is 1. The maximum Gasteiger partial charge on any atom is 0.323 e. The van der Waals surface area contributed by atoms with Crippen molar-refractivity contribution in [2.45, 2.75) is 18.1 Å². The Kier molecular flexibility index (Phi) is 4.68. The Balaban J connectivity index is 2.56. The van der Waals surface area contributed by atoms with Gasteiger partial charge in [-0.25, -0.2) is 0 Å². The van der Waals surface area contributed by atoms with Gasteiger partial charge in [-0.05, 0) is 18.6 Å². The minimum atomic E-state index is -0.979. The molecule has 0 aromatic heterocycles. The van der Waals surface area contributed by atoms with Crippen LogP contribution >= 0.6 is 11.8 Å². The van der Waals surface area contributed by atoms with E-state index in [1.165, 1.54) is 4.90 Å². The zero-order chi connectivity index (χ0) is 11.3. The zero-order valence-electron chi connectivity index (χ0n) is 8.52. The molecule has 0 saturated carbocycles. The molecular formula is C10H15NO3S. The van der Waals surface area contributed by atoms with E-state index in [0.29, 0.717) is 6.54 Å². The molecule has 1 rings (SSSR count). The highest BCUT2D eigenvalue weighted by Gasteiger charge is 2.28. The second-order valence-corrected chi connectivity index (χ2v) is 4.71. The SMILES string of the molecule is C=CCN(CC(=O)O)C(=O)C1CCCS1. The van der Waals surface area contributed by atoms with E-state index >= 15 is 0 Å². The molecule has 0 aliphatic carbocycles. The Morgan fingerprint density at radius 1 is 1.60 bits per heavy atom. The van der Waals surface area contributed by atoms with Crippen molar-refractivity contribution < 1.29 is 14.7 Å². The molecule has 4 nitrogen and oxygen atoms in total. The fraction of sp³-hybridized carbons (Fsp3) is 0.600. The number of nitrogens with zero attached hydrogens (tertiary/aromatic N) is 1. The first-order chi connectivity index (χ1) is 7.15. The van der Waals surface area contributed by atoms with Crippen LogP contribution in [0, 0.1) is 0 Å². The summed E-state index contributed by atoms with van der Waals surface area (Å²) in [6, 6.07) is 0. The summed E-state index contributed by atoms with van der Waals surface area (Å²) >= 11 is 1.61. The van der Waals surface area contributed by atoms with Gasteiger partial charge >= 0.3 is 5.97 Å². The van der Waals surface area contributed by atoms with Crippen molar-refractivity contribution in [1.29, 1.82) is 0 Å². The summed E-state index contributed by atoms with van der Waals surface area (Å²) in [6.07, 6.45) is 3.45. The first-order valence-corrected chi connectivity index (χ1v) is 5.93. The third-order valence-electron chi connectivity index (χ3n) is 2.19. The number of rotatable bonds is 5. The van der Waals surface area contributed by atoms with Crippen LogP contribution in [-0.4, -0.2) is 46.0 Å². The van der Waals surface area contributed by atoms with Gasteiger partial charge in [-0.1, -0.05) is 6.08 Å². The fourth-order valence-corrected chi connectivity index (χ4v) is 2.77. The van der Waals surface area contributed by atoms with Crippen LogP contribution in [0.5, 0.6) is 0 Å². The normalized spacial score (nSPS) is 19.9. The first kappa shape index (κ1) is 12.1. The molecule has 0 bridgehead atoms. The van der Waals surface area contributed by atoms with E-state index in [9.17, 15) is 9.59 Å². The van der Waals surface area contributed by atoms with Crippen LogP contribution in [0.4, 0.5) is 0 Å². The lowest BCUT2D eigenvalue weighted by Crippen LogP contribution is -2.40. The topological polar surface area (TPSA) is 57.6 Å². The molecule has 0 spiro atoms. The molecule has 15 heavy (non-hydrogen) atoms. The molecule has 1 amide bonds. The molecule has 1 aliphatic heterocycles. The highest BCUT2D eigenvalue weighted by atomic mass is 32.2. The van der Waals surface area contributed by atoms with E-state index in [-0.39, 0.29) is 17.7 Å². The Bertz CT molecular complexity index is 261. The van der Waals surface area contributed by atoms with Crippen molar-refractivity contribution in [3.05, 3.63) is 12.7 Å². The Morgan fingerprint density at radius 2 is 2.33 bits per heavy atom. The van der Waals surface area contributed by atoms with E-state index in [4.69, 9.17) is 5.11 Å². The lowest BCUT2D eigenvalue weighted by atomic mass is 10.2. The molecule has 1 atom stereocenters. The predicted molar refractivity (Wildman–Crippen MR) is 59.9 cm³/mol. The summed E-state index contributed by atoms with van der Waals surface area (Å²) in [5, 5.41) is 8.62. The second-order valence-electron chi connectivity index (χ2n) is 3.40. The number of carboxylic acids is 1. The van der Waals surface area contributed by atoms with Crippen LogP contribution in [0.3, 0.4) is 0 Å². The molecular weight excluding hydrogens is 214 g/mol. The fourth-order valence-electron chi connectivity index (χ4n) is 1.53. The molecule has 0 aromatic rings. The predicted octanol–water partition coefficient (Wildman–Crippen LogP) is 0.981. The van der Waals surface area contributed by atoms with E-state index in [1.807, 2.05) is 0 Å². The molecule has 0 radical (unpaired) electrons. The van der Waals surface area contributed by atoms with Crippen molar-refractivity contribution in [1.82, 2.24) is 4.90 Å². The van der Waals surface area contributed by atoms with Gasteiger partial charge in [0, 0.05) is 6.54 Å². The number of thioether (sulfide) groups is 1. The van der Waals surface area contributed by atoms with Crippen LogP contribution in [0.2, 0.25) is 0 Å². The van der Waals surface area contributed by atoms with Gasteiger partial charge < -0.3 is 10.0 Å². The quantitative estimate of drug-likeness (QED) is 0.714. The highest BCUT2D eigenvalue weighted by molar-refractivity contribution is 8.00. The maximum absolute atomic E-state index is 11.9. The number of carbonyl (C=O) groups is 2. The smallest absolute Gasteiger partial charge is 0.323 e. The van der Waals surface area contributed by atoms with Crippen LogP contribution in [0.15, 0.2) is 12.7 Å². The number of hydrogen-bond acceptors (Lipinski definition) is 3. The van der Waals surface area contributed by atoms with Crippen molar-refractivity contribution in [2.75, 3.05) is 18.8 Å². The summed E-state index contributed by atoms with van der Waals surface area (Å²) in [7, 11) is 0. The lowest BCUT2D eigenvalue weighted by molar-refractivity contribution is -0.143. The number of hydrogen-bond donors (Lipinski definition) is 1. The molecule has 1 aliphatic rings. The Labute approximate surface area is 93.3 Å². The zero-order valence-corrected chi connectivity index (χ0v) is 9.33. The van der Waals surface area contributed by atoms with Gasteiger partial charge in [-0.15, -0.1) is 18.3 Å². The van der Waals surface area contributed by atoms with Gasteiger partial charge in [-0.3, -0.25) is 9.59 Å². The molecule has 1 heterocycles.